The molecule has 2 aliphatic heterocycles. The van der Waals surface area contributed by atoms with Crippen LogP contribution in [0.25, 0.3) is 6.08 Å². The average Bonchev–Trinajstić information content (AvgIpc) is 2.61. The lowest BCUT2D eigenvalue weighted by molar-refractivity contribution is -0.117. The fourth-order valence-electron chi connectivity index (χ4n) is 2.85. The summed E-state index contributed by atoms with van der Waals surface area (Å²) >= 11 is 0. The topological polar surface area (TPSA) is 62.8 Å². The summed E-state index contributed by atoms with van der Waals surface area (Å²) in [4.78, 5) is 14.6. The van der Waals surface area contributed by atoms with Gasteiger partial charge in [0.15, 0.2) is 11.5 Å². The number of carbonyl (C=O) groups excluding carboxylic acids is 1. The summed E-state index contributed by atoms with van der Waals surface area (Å²) in [6.07, 6.45) is 1.88. The first-order valence-electron chi connectivity index (χ1n) is 7.99. The maximum Gasteiger partial charge on any atom is 0.250 e. The Labute approximate surface area is 148 Å². The van der Waals surface area contributed by atoms with Crippen LogP contribution in [-0.4, -0.2) is 63.8 Å². The molecule has 0 atom stereocenters. The van der Waals surface area contributed by atoms with E-state index in [1.165, 1.54) is 0 Å². The van der Waals surface area contributed by atoms with Gasteiger partial charge in [0.2, 0.25) is 0 Å². The third-order valence-corrected chi connectivity index (χ3v) is 4.15. The fourth-order valence-corrected chi connectivity index (χ4v) is 2.85. The fraction of sp³-hybridized carbons (Fsp3) is 0.471. The van der Waals surface area contributed by atoms with Gasteiger partial charge < -0.3 is 20.1 Å². The summed E-state index contributed by atoms with van der Waals surface area (Å²) in [6.45, 7) is 5.92. The molecule has 0 bridgehead atoms. The molecular weight excluding hydrogens is 330 g/mol. The number of nitrogens with one attached hydrogen (secondary N) is 2. The Morgan fingerprint density at radius 1 is 1.38 bits per heavy atom. The van der Waals surface area contributed by atoms with Gasteiger partial charge in [-0.25, -0.2) is 0 Å². The van der Waals surface area contributed by atoms with E-state index in [1.54, 1.807) is 7.11 Å². The van der Waals surface area contributed by atoms with Crippen molar-refractivity contribution in [2.45, 2.75) is 0 Å². The Morgan fingerprint density at radius 3 is 2.92 bits per heavy atom. The van der Waals surface area contributed by atoms with Gasteiger partial charge in [0.1, 0.15) is 6.61 Å². The van der Waals surface area contributed by atoms with Gasteiger partial charge in [0.25, 0.3) is 5.91 Å². The van der Waals surface area contributed by atoms with Crippen molar-refractivity contribution in [3.05, 3.63) is 29.3 Å². The van der Waals surface area contributed by atoms with Crippen LogP contribution < -0.4 is 20.1 Å². The molecule has 2 heterocycles. The number of nitrogens with zero attached hydrogens (tertiary/aromatic N) is 1. The summed E-state index contributed by atoms with van der Waals surface area (Å²) in [7, 11) is 1.61. The van der Waals surface area contributed by atoms with Crippen LogP contribution in [0.15, 0.2) is 23.8 Å². The lowest BCUT2D eigenvalue weighted by Gasteiger charge is -2.27. The molecule has 7 heteroatoms. The lowest BCUT2D eigenvalue weighted by Crippen LogP contribution is -2.46. The Morgan fingerprint density at radius 2 is 2.17 bits per heavy atom. The summed E-state index contributed by atoms with van der Waals surface area (Å²) in [5, 5.41) is 6.30. The third-order valence-electron chi connectivity index (χ3n) is 4.15. The highest BCUT2D eigenvalue weighted by molar-refractivity contribution is 5.99. The number of halogens is 1. The molecule has 6 nitrogen and oxygen atoms in total. The Kier molecular flexibility index (Phi) is 6.90. The summed E-state index contributed by atoms with van der Waals surface area (Å²) in [5.41, 5.74) is 1.52. The molecule has 1 saturated heterocycles. The second-order valence-corrected chi connectivity index (χ2v) is 5.68. The van der Waals surface area contributed by atoms with Crippen molar-refractivity contribution in [1.29, 1.82) is 0 Å². The molecule has 2 N–H and O–H groups in total. The Balaban J connectivity index is 0.00000208. The van der Waals surface area contributed by atoms with E-state index in [2.05, 4.69) is 15.5 Å². The molecule has 2 aliphatic rings. The van der Waals surface area contributed by atoms with Crippen LogP contribution >= 0.6 is 12.4 Å². The Hall–Kier alpha value is -1.76. The van der Waals surface area contributed by atoms with E-state index < -0.39 is 0 Å². The predicted molar refractivity (Wildman–Crippen MR) is 96.0 cm³/mol. The molecular formula is C17H24ClN3O3. The summed E-state index contributed by atoms with van der Waals surface area (Å²) < 4.78 is 11.0. The zero-order valence-corrected chi connectivity index (χ0v) is 14.7. The van der Waals surface area contributed by atoms with Gasteiger partial charge in [-0.05, 0) is 12.1 Å². The van der Waals surface area contributed by atoms with Gasteiger partial charge in [-0.1, -0.05) is 12.1 Å². The van der Waals surface area contributed by atoms with E-state index >= 15 is 0 Å². The molecule has 3 rings (SSSR count). The first-order valence-corrected chi connectivity index (χ1v) is 7.99. The van der Waals surface area contributed by atoms with E-state index in [0.717, 1.165) is 38.3 Å². The number of ether oxygens (including phenoxy) is 2. The number of para-hydroxylation sites is 1. The quantitative estimate of drug-likeness (QED) is 0.824. The number of methoxy groups -OCH3 is 1. The van der Waals surface area contributed by atoms with Crippen molar-refractivity contribution in [1.82, 2.24) is 15.5 Å². The number of amides is 1. The van der Waals surface area contributed by atoms with Gasteiger partial charge in [-0.2, -0.15) is 0 Å². The van der Waals surface area contributed by atoms with Gasteiger partial charge >= 0.3 is 0 Å². The zero-order chi connectivity index (χ0) is 16.1. The number of piperazine rings is 1. The van der Waals surface area contributed by atoms with Crippen LogP contribution in [0, 0.1) is 0 Å². The highest BCUT2D eigenvalue weighted by atomic mass is 35.5. The monoisotopic (exact) mass is 353 g/mol. The maximum absolute atomic E-state index is 12.3. The number of rotatable bonds is 5. The molecule has 24 heavy (non-hydrogen) atoms. The van der Waals surface area contributed by atoms with Crippen molar-refractivity contribution < 1.29 is 14.3 Å². The maximum atomic E-state index is 12.3. The highest BCUT2D eigenvalue weighted by Gasteiger charge is 2.20. The molecule has 0 radical (unpaired) electrons. The van der Waals surface area contributed by atoms with Crippen LogP contribution in [0.3, 0.4) is 0 Å². The van der Waals surface area contributed by atoms with Crippen molar-refractivity contribution in [2.75, 3.05) is 53.0 Å². The standard InChI is InChI=1S/C17H23N3O3.ClH/c1-22-15-4-2-3-13-11-14(12-23-16(13)15)17(21)19-7-10-20-8-5-18-6-9-20;/h2-4,11,18H,5-10,12H2,1H3,(H,19,21);1H. The molecule has 0 spiro atoms. The van der Waals surface area contributed by atoms with E-state index in [0.29, 0.717) is 23.6 Å². The summed E-state index contributed by atoms with van der Waals surface area (Å²) in [5.74, 6) is 1.33. The number of hydrogen-bond donors (Lipinski definition) is 2. The van der Waals surface area contributed by atoms with Gasteiger partial charge in [0.05, 0.1) is 12.7 Å². The number of hydrogen-bond acceptors (Lipinski definition) is 5. The molecule has 1 amide bonds. The van der Waals surface area contributed by atoms with E-state index in [1.807, 2.05) is 24.3 Å². The normalized spacial score (nSPS) is 17.0. The number of benzene rings is 1. The third kappa shape index (κ3) is 4.41. The van der Waals surface area contributed by atoms with E-state index in [9.17, 15) is 4.79 Å². The number of fused-ring (bicyclic) bond motifs is 1. The molecule has 1 aromatic rings. The van der Waals surface area contributed by atoms with Crippen LogP contribution in [-0.2, 0) is 4.79 Å². The van der Waals surface area contributed by atoms with Crippen molar-refractivity contribution in [3.63, 3.8) is 0 Å². The first kappa shape index (κ1) is 18.6. The SMILES string of the molecule is COc1cccc2c1OCC(C(=O)NCCN1CCNCC1)=C2.Cl. The van der Waals surface area contributed by atoms with Crippen LogP contribution in [0.2, 0.25) is 0 Å². The minimum absolute atomic E-state index is 0. The zero-order valence-electron chi connectivity index (χ0n) is 13.8. The van der Waals surface area contributed by atoms with Gasteiger partial charge in [0, 0.05) is 44.8 Å². The van der Waals surface area contributed by atoms with Crippen molar-refractivity contribution in [3.8, 4) is 11.5 Å². The smallest absolute Gasteiger partial charge is 0.250 e. The summed E-state index contributed by atoms with van der Waals surface area (Å²) in [6, 6.07) is 5.67. The Bertz CT molecular complexity index is 601. The first-order chi connectivity index (χ1) is 11.3. The van der Waals surface area contributed by atoms with Crippen LogP contribution in [0.4, 0.5) is 0 Å². The second-order valence-electron chi connectivity index (χ2n) is 5.68. The molecule has 132 valence electrons. The number of carbonyl (C=O) groups is 1. The molecule has 0 unspecified atom stereocenters. The van der Waals surface area contributed by atoms with Crippen LogP contribution in [0.5, 0.6) is 11.5 Å². The minimum atomic E-state index is -0.0615. The van der Waals surface area contributed by atoms with Crippen LogP contribution in [0.1, 0.15) is 5.56 Å². The van der Waals surface area contributed by atoms with Crippen molar-refractivity contribution in [2.24, 2.45) is 0 Å². The largest absolute Gasteiger partial charge is 0.493 e. The molecule has 1 aromatic carbocycles. The van der Waals surface area contributed by atoms with E-state index in [4.69, 9.17) is 9.47 Å². The van der Waals surface area contributed by atoms with Gasteiger partial charge in [-0.3, -0.25) is 9.69 Å². The molecule has 0 aromatic heterocycles. The molecule has 0 saturated carbocycles. The molecule has 1 fully saturated rings. The van der Waals surface area contributed by atoms with Crippen molar-refractivity contribution >= 4 is 24.4 Å². The lowest BCUT2D eigenvalue weighted by atomic mass is 10.1. The predicted octanol–water partition coefficient (Wildman–Crippen LogP) is 0.914. The van der Waals surface area contributed by atoms with E-state index in [-0.39, 0.29) is 24.9 Å². The highest BCUT2D eigenvalue weighted by Crippen LogP contribution is 2.35. The van der Waals surface area contributed by atoms with Gasteiger partial charge in [-0.15, -0.1) is 12.4 Å². The molecule has 0 aliphatic carbocycles. The average molecular weight is 354 g/mol. The second kappa shape index (κ2) is 8.92. The minimum Gasteiger partial charge on any atom is -0.493 e.